The highest BCUT2D eigenvalue weighted by Crippen LogP contribution is 2.23. The molecule has 0 radical (unpaired) electrons. The Kier molecular flexibility index (Phi) is 4.57. The van der Waals surface area contributed by atoms with Gasteiger partial charge in [0.15, 0.2) is 5.82 Å². The number of nitriles is 1. The Morgan fingerprint density at radius 2 is 2.36 bits per heavy atom. The summed E-state index contributed by atoms with van der Waals surface area (Å²) >= 11 is 0. The highest BCUT2D eigenvalue weighted by molar-refractivity contribution is 5.97. The van der Waals surface area contributed by atoms with Crippen LogP contribution in [0.5, 0.6) is 0 Å². The van der Waals surface area contributed by atoms with Crippen molar-refractivity contribution < 1.29 is 14.0 Å². The lowest BCUT2D eigenvalue weighted by molar-refractivity contribution is -0.128. The number of furan rings is 1. The zero-order valence-corrected chi connectivity index (χ0v) is 14.1. The van der Waals surface area contributed by atoms with Gasteiger partial charge in [-0.2, -0.15) is 10.4 Å². The van der Waals surface area contributed by atoms with E-state index in [1.54, 1.807) is 34.2 Å². The second kappa shape index (κ2) is 6.81. The molecule has 2 aromatic rings. The van der Waals surface area contributed by atoms with Crippen molar-refractivity contribution in [3.8, 4) is 6.07 Å². The summed E-state index contributed by atoms with van der Waals surface area (Å²) in [6, 6.07) is 5.65. The van der Waals surface area contributed by atoms with Crippen molar-refractivity contribution >= 4 is 17.6 Å². The lowest BCUT2D eigenvalue weighted by Gasteiger charge is -2.14. The van der Waals surface area contributed by atoms with Crippen molar-refractivity contribution in [1.82, 2.24) is 14.7 Å². The number of nitrogens with one attached hydrogen (secondary N) is 1. The van der Waals surface area contributed by atoms with Gasteiger partial charge in [-0.25, -0.2) is 0 Å². The minimum atomic E-state index is -0.474. The van der Waals surface area contributed by atoms with Crippen molar-refractivity contribution in [2.24, 2.45) is 5.92 Å². The van der Waals surface area contributed by atoms with Crippen LogP contribution in [0.2, 0.25) is 0 Å². The number of anilines is 1. The molecule has 0 saturated carbocycles. The van der Waals surface area contributed by atoms with Crippen LogP contribution in [0.25, 0.3) is 0 Å². The molecule has 25 heavy (non-hydrogen) atoms. The van der Waals surface area contributed by atoms with Crippen LogP contribution in [0.15, 0.2) is 29.0 Å². The van der Waals surface area contributed by atoms with Crippen LogP contribution >= 0.6 is 0 Å². The van der Waals surface area contributed by atoms with Crippen molar-refractivity contribution in [3.63, 3.8) is 0 Å². The number of likely N-dealkylation sites (tertiary alicyclic amines) is 1. The molecule has 3 rings (SSSR count). The molecule has 1 N–H and O–H groups in total. The van der Waals surface area contributed by atoms with Gasteiger partial charge in [0.25, 0.3) is 0 Å². The Hall–Kier alpha value is -3.08. The predicted molar refractivity (Wildman–Crippen MR) is 88.2 cm³/mol. The third kappa shape index (κ3) is 3.55. The standard InChI is InChI=1S/C17H19N5O3/c1-11(2)22-9-13(7-18)16(20-22)19-17(24)12-6-15(23)21(8-12)10-14-4-3-5-25-14/h3-5,9,11-12H,6,8,10H2,1-2H3,(H,19,20,24). The van der Waals surface area contributed by atoms with Crippen molar-refractivity contribution in [1.29, 1.82) is 5.26 Å². The third-order valence-corrected chi connectivity index (χ3v) is 4.14. The van der Waals surface area contributed by atoms with Gasteiger partial charge in [-0.3, -0.25) is 14.3 Å². The van der Waals surface area contributed by atoms with Gasteiger partial charge in [-0.15, -0.1) is 0 Å². The zero-order chi connectivity index (χ0) is 18.0. The first kappa shape index (κ1) is 16.8. The van der Waals surface area contributed by atoms with E-state index in [4.69, 9.17) is 4.42 Å². The molecular weight excluding hydrogens is 322 g/mol. The first-order valence-corrected chi connectivity index (χ1v) is 8.08. The Balaban J connectivity index is 1.66. The van der Waals surface area contributed by atoms with Gasteiger partial charge in [-0.05, 0) is 26.0 Å². The van der Waals surface area contributed by atoms with E-state index in [1.165, 1.54) is 0 Å². The van der Waals surface area contributed by atoms with Gasteiger partial charge in [-0.1, -0.05) is 0 Å². The summed E-state index contributed by atoms with van der Waals surface area (Å²) in [5, 5.41) is 16.1. The highest BCUT2D eigenvalue weighted by atomic mass is 16.3. The van der Waals surface area contributed by atoms with Crippen molar-refractivity contribution in [2.75, 3.05) is 11.9 Å². The molecule has 2 amide bonds. The number of amides is 2. The van der Waals surface area contributed by atoms with Crippen LogP contribution in [-0.2, 0) is 16.1 Å². The molecule has 8 nitrogen and oxygen atoms in total. The summed E-state index contributed by atoms with van der Waals surface area (Å²) in [6.07, 6.45) is 3.29. The molecule has 0 aliphatic carbocycles. The average molecular weight is 341 g/mol. The highest BCUT2D eigenvalue weighted by Gasteiger charge is 2.35. The number of hydrogen-bond donors (Lipinski definition) is 1. The summed E-state index contributed by atoms with van der Waals surface area (Å²) in [5.74, 6) is 0.0405. The molecule has 3 heterocycles. The summed E-state index contributed by atoms with van der Waals surface area (Å²) < 4.78 is 6.87. The first-order valence-electron chi connectivity index (χ1n) is 8.08. The largest absolute Gasteiger partial charge is 0.467 e. The monoisotopic (exact) mass is 341 g/mol. The molecule has 1 unspecified atom stereocenters. The van der Waals surface area contributed by atoms with E-state index < -0.39 is 5.92 Å². The normalized spacial score (nSPS) is 17.1. The molecule has 2 aromatic heterocycles. The fraction of sp³-hybridized carbons (Fsp3) is 0.412. The zero-order valence-electron chi connectivity index (χ0n) is 14.1. The van der Waals surface area contributed by atoms with Crippen molar-refractivity contribution in [2.45, 2.75) is 32.9 Å². The molecule has 1 atom stereocenters. The molecule has 8 heteroatoms. The molecule has 1 fully saturated rings. The van der Waals surface area contributed by atoms with E-state index in [0.717, 1.165) is 0 Å². The SMILES string of the molecule is CC(C)n1cc(C#N)c(NC(=O)C2CC(=O)N(Cc3ccco3)C2)n1. The maximum Gasteiger partial charge on any atom is 0.231 e. The molecule has 130 valence electrons. The van der Waals surface area contributed by atoms with Gasteiger partial charge >= 0.3 is 0 Å². The fourth-order valence-electron chi connectivity index (χ4n) is 2.74. The predicted octanol–water partition coefficient (Wildman–Crippen LogP) is 1.92. The molecule has 0 aromatic carbocycles. The van der Waals surface area contributed by atoms with Gasteiger partial charge in [0.1, 0.15) is 17.4 Å². The van der Waals surface area contributed by atoms with Crippen LogP contribution in [0.1, 0.15) is 37.6 Å². The third-order valence-electron chi connectivity index (χ3n) is 4.14. The quantitative estimate of drug-likeness (QED) is 0.894. The van der Waals surface area contributed by atoms with E-state index in [0.29, 0.717) is 24.4 Å². The Bertz CT molecular complexity index is 816. The molecule has 1 aliphatic rings. The lowest BCUT2D eigenvalue weighted by Crippen LogP contribution is -2.28. The minimum absolute atomic E-state index is 0.0783. The van der Waals surface area contributed by atoms with Gasteiger partial charge in [0.2, 0.25) is 11.8 Å². The Morgan fingerprint density at radius 3 is 3.00 bits per heavy atom. The maximum absolute atomic E-state index is 12.5. The van der Waals surface area contributed by atoms with E-state index in [-0.39, 0.29) is 30.1 Å². The van der Waals surface area contributed by atoms with Crippen LogP contribution in [0.4, 0.5) is 5.82 Å². The molecule has 0 bridgehead atoms. The summed E-state index contributed by atoms with van der Waals surface area (Å²) in [6.45, 7) is 4.53. The molecular formula is C17H19N5O3. The van der Waals surface area contributed by atoms with Crippen LogP contribution in [0.3, 0.4) is 0 Å². The minimum Gasteiger partial charge on any atom is -0.467 e. The molecule has 1 aliphatic heterocycles. The number of aromatic nitrogens is 2. The van der Waals surface area contributed by atoms with Crippen LogP contribution in [-0.4, -0.2) is 33.0 Å². The Morgan fingerprint density at radius 1 is 1.56 bits per heavy atom. The number of rotatable bonds is 5. The average Bonchev–Trinajstić information content (AvgIpc) is 3.29. The van der Waals surface area contributed by atoms with Crippen LogP contribution in [0, 0.1) is 17.2 Å². The van der Waals surface area contributed by atoms with Gasteiger partial charge in [0.05, 0.1) is 18.7 Å². The number of hydrogen-bond acceptors (Lipinski definition) is 5. The second-order valence-corrected chi connectivity index (χ2v) is 6.32. The van der Waals surface area contributed by atoms with E-state index in [2.05, 4.69) is 10.4 Å². The maximum atomic E-state index is 12.5. The summed E-state index contributed by atoms with van der Waals surface area (Å²) in [7, 11) is 0. The topological polar surface area (TPSA) is 104 Å². The van der Waals surface area contributed by atoms with Crippen molar-refractivity contribution in [3.05, 3.63) is 35.9 Å². The smallest absolute Gasteiger partial charge is 0.231 e. The van der Waals surface area contributed by atoms with Gasteiger partial charge in [0, 0.05) is 25.2 Å². The summed E-state index contributed by atoms with van der Waals surface area (Å²) in [5.41, 5.74) is 0.304. The summed E-state index contributed by atoms with van der Waals surface area (Å²) in [4.78, 5) is 26.2. The number of nitrogens with zero attached hydrogens (tertiary/aromatic N) is 4. The number of carbonyl (C=O) groups is 2. The first-order chi connectivity index (χ1) is 12.0. The van der Waals surface area contributed by atoms with Crippen LogP contribution < -0.4 is 5.32 Å². The second-order valence-electron chi connectivity index (χ2n) is 6.32. The van der Waals surface area contributed by atoms with E-state index in [9.17, 15) is 14.9 Å². The Labute approximate surface area is 145 Å². The fourth-order valence-corrected chi connectivity index (χ4v) is 2.74. The van der Waals surface area contributed by atoms with Gasteiger partial charge < -0.3 is 14.6 Å². The lowest BCUT2D eigenvalue weighted by atomic mass is 10.1. The molecule has 1 saturated heterocycles. The molecule has 0 spiro atoms. The van der Waals surface area contributed by atoms with E-state index >= 15 is 0 Å². The number of carbonyl (C=O) groups excluding carboxylic acids is 2. The van der Waals surface area contributed by atoms with E-state index in [1.807, 2.05) is 19.9 Å².